The molecule has 1 N–H and O–H groups in total. The van der Waals surface area contributed by atoms with Crippen molar-refractivity contribution in [3.63, 3.8) is 0 Å². The van der Waals surface area contributed by atoms with Gasteiger partial charge in [0.2, 0.25) is 0 Å². The first-order valence-corrected chi connectivity index (χ1v) is 21.6. The molecule has 0 aliphatic rings. The van der Waals surface area contributed by atoms with E-state index in [1.807, 2.05) is 18.2 Å². The molecular formula is C45H75N3O4. The molecule has 7 heteroatoms. The zero-order chi connectivity index (χ0) is 37.2. The zero-order valence-corrected chi connectivity index (χ0v) is 33.4. The number of non-ortho nitro benzene ring substituents is 1. The van der Waals surface area contributed by atoms with Gasteiger partial charge in [-0.1, -0.05) is 181 Å². The third-order valence-electron chi connectivity index (χ3n) is 9.96. The number of hydrazone groups is 1. The molecule has 0 aliphatic carbocycles. The maximum atomic E-state index is 10.9. The Hall–Kier alpha value is -3.09. The fraction of sp³-hybridized carbons (Fsp3) is 0.711. The average molecular weight is 722 g/mol. The Morgan fingerprint density at radius 2 is 0.923 bits per heavy atom. The highest BCUT2D eigenvalue weighted by atomic mass is 16.6. The van der Waals surface area contributed by atoms with Gasteiger partial charge in [-0.2, -0.15) is 5.10 Å². The summed E-state index contributed by atoms with van der Waals surface area (Å²) < 4.78 is 12.5. The van der Waals surface area contributed by atoms with Crippen molar-refractivity contribution in [1.82, 2.24) is 0 Å². The highest BCUT2D eigenvalue weighted by Gasteiger charge is 2.08. The highest BCUT2D eigenvalue weighted by Crippen LogP contribution is 2.29. The molecular weight excluding hydrogens is 647 g/mol. The van der Waals surface area contributed by atoms with Crippen LogP contribution in [-0.2, 0) is 0 Å². The second kappa shape index (κ2) is 32.6. The number of benzene rings is 2. The Labute approximate surface area is 318 Å². The van der Waals surface area contributed by atoms with E-state index in [9.17, 15) is 10.1 Å². The molecule has 2 aromatic carbocycles. The first-order chi connectivity index (χ1) is 25.6. The molecule has 2 aromatic rings. The van der Waals surface area contributed by atoms with Crippen LogP contribution in [0.15, 0.2) is 47.6 Å². The second-order valence-corrected chi connectivity index (χ2v) is 14.8. The number of nitrogens with zero attached hydrogens (tertiary/aromatic N) is 2. The van der Waals surface area contributed by atoms with Crippen LogP contribution in [0.4, 0.5) is 11.4 Å². The summed E-state index contributed by atoms with van der Waals surface area (Å²) in [4.78, 5) is 10.5. The van der Waals surface area contributed by atoms with Crippen LogP contribution in [0, 0.1) is 10.1 Å². The Morgan fingerprint density at radius 1 is 0.538 bits per heavy atom. The molecule has 0 heterocycles. The number of anilines is 1. The van der Waals surface area contributed by atoms with Gasteiger partial charge in [0.05, 0.1) is 30.0 Å². The van der Waals surface area contributed by atoms with E-state index >= 15 is 0 Å². The molecule has 52 heavy (non-hydrogen) atoms. The van der Waals surface area contributed by atoms with Gasteiger partial charge in [-0.05, 0) is 48.7 Å². The van der Waals surface area contributed by atoms with Crippen LogP contribution in [0.1, 0.15) is 199 Å². The minimum atomic E-state index is -0.406. The molecule has 294 valence electrons. The molecule has 0 aliphatic heterocycles. The fourth-order valence-corrected chi connectivity index (χ4v) is 6.63. The monoisotopic (exact) mass is 722 g/mol. The lowest BCUT2D eigenvalue weighted by Gasteiger charge is -2.14. The molecule has 0 aromatic heterocycles. The number of unbranched alkanes of at least 4 members (excludes halogenated alkanes) is 26. The van der Waals surface area contributed by atoms with Crippen LogP contribution in [0.2, 0.25) is 0 Å². The number of nitro benzene ring substituents is 1. The second-order valence-electron chi connectivity index (χ2n) is 14.8. The third kappa shape index (κ3) is 24.2. The summed E-state index contributed by atoms with van der Waals surface area (Å²) in [7, 11) is 0. The van der Waals surface area contributed by atoms with Crippen molar-refractivity contribution in [1.29, 1.82) is 0 Å². The number of nitro groups is 1. The molecule has 0 atom stereocenters. The lowest BCUT2D eigenvalue weighted by atomic mass is 10.0. The molecule has 0 fully saturated rings. The van der Waals surface area contributed by atoms with Crippen LogP contribution in [0.25, 0.3) is 0 Å². The third-order valence-corrected chi connectivity index (χ3v) is 9.96. The molecule has 0 unspecified atom stereocenters. The van der Waals surface area contributed by atoms with Crippen LogP contribution in [0.3, 0.4) is 0 Å². The van der Waals surface area contributed by atoms with Crippen molar-refractivity contribution in [3.05, 3.63) is 58.1 Å². The van der Waals surface area contributed by atoms with Crippen molar-refractivity contribution >= 4 is 17.6 Å². The van der Waals surface area contributed by atoms with Crippen molar-refractivity contribution < 1.29 is 14.4 Å². The van der Waals surface area contributed by atoms with E-state index in [-0.39, 0.29) is 5.69 Å². The van der Waals surface area contributed by atoms with Gasteiger partial charge in [0.15, 0.2) is 11.5 Å². The van der Waals surface area contributed by atoms with Gasteiger partial charge in [-0.15, -0.1) is 0 Å². The number of hydrogen-bond donors (Lipinski definition) is 1. The summed E-state index contributed by atoms with van der Waals surface area (Å²) >= 11 is 0. The standard InChI is InChI=1S/C45H75N3O4/c1-3-5-7-9-11-13-15-17-19-21-23-25-27-29-37-51-44-36-31-41(40-46-47-42-32-34-43(35-33-42)48(49)50)39-45(44)52-38-30-28-26-24-22-20-18-16-14-12-10-8-6-4-2/h31-36,39-40,47H,3-30,37-38H2,1-2H3/b46-40+. The molecule has 7 nitrogen and oxygen atoms in total. The largest absolute Gasteiger partial charge is 0.490 e. The topological polar surface area (TPSA) is 86.0 Å². The molecule has 0 bridgehead atoms. The number of nitrogens with one attached hydrogen (secondary N) is 1. The minimum absolute atomic E-state index is 0.0554. The van der Waals surface area contributed by atoms with Crippen LogP contribution in [-0.4, -0.2) is 24.4 Å². The first kappa shape index (κ1) is 45.1. The normalized spacial score (nSPS) is 11.3. The van der Waals surface area contributed by atoms with E-state index in [1.54, 1.807) is 18.3 Å². The van der Waals surface area contributed by atoms with Crippen molar-refractivity contribution in [2.75, 3.05) is 18.6 Å². The number of hydrogen-bond acceptors (Lipinski definition) is 6. The van der Waals surface area contributed by atoms with Gasteiger partial charge in [0.1, 0.15) is 0 Å². The van der Waals surface area contributed by atoms with E-state index in [4.69, 9.17) is 9.47 Å². The van der Waals surface area contributed by atoms with Gasteiger partial charge in [0, 0.05) is 12.1 Å². The Morgan fingerprint density at radius 3 is 1.33 bits per heavy atom. The molecule has 0 amide bonds. The Balaban J connectivity index is 1.69. The quantitative estimate of drug-likeness (QED) is 0.0328. The Bertz CT molecular complexity index is 1150. The molecule has 0 spiro atoms. The van der Waals surface area contributed by atoms with Gasteiger partial charge in [0.25, 0.3) is 5.69 Å². The van der Waals surface area contributed by atoms with E-state index in [0.29, 0.717) is 18.9 Å². The first-order valence-electron chi connectivity index (χ1n) is 21.6. The van der Waals surface area contributed by atoms with E-state index in [1.165, 1.54) is 179 Å². The van der Waals surface area contributed by atoms with Gasteiger partial charge >= 0.3 is 0 Å². The number of ether oxygens (including phenoxy) is 2. The fourth-order valence-electron chi connectivity index (χ4n) is 6.63. The molecule has 0 radical (unpaired) electrons. The van der Waals surface area contributed by atoms with Gasteiger partial charge in [-0.25, -0.2) is 0 Å². The lowest BCUT2D eigenvalue weighted by Crippen LogP contribution is -2.03. The summed E-state index contributed by atoms with van der Waals surface area (Å²) in [5.74, 6) is 1.56. The lowest BCUT2D eigenvalue weighted by molar-refractivity contribution is -0.384. The van der Waals surface area contributed by atoms with Gasteiger partial charge < -0.3 is 9.47 Å². The van der Waals surface area contributed by atoms with E-state index in [0.717, 1.165) is 29.9 Å². The summed E-state index contributed by atoms with van der Waals surface area (Å²) in [5, 5.41) is 15.3. The minimum Gasteiger partial charge on any atom is -0.490 e. The highest BCUT2D eigenvalue weighted by molar-refractivity contribution is 5.81. The zero-order valence-electron chi connectivity index (χ0n) is 33.4. The van der Waals surface area contributed by atoms with Crippen molar-refractivity contribution in [3.8, 4) is 11.5 Å². The molecule has 0 saturated heterocycles. The van der Waals surface area contributed by atoms with Crippen LogP contribution >= 0.6 is 0 Å². The average Bonchev–Trinajstić information content (AvgIpc) is 3.15. The summed E-state index contributed by atoms with van der Waals surface area (Å²) in [6.45, 7) is 5.94. The Kier molecular flexibility index (Phi) is 28.2. The summed E-state index contributed by atoms with van der Waals surface area (Å²) in [6, 6.07) is 12.2. The molecule has 2 rings (SSSR count). The van der Waals surface area contributed by atoms with Crippen molar-refractivity contribution in [2.45, 2.75) is 194 Å². The summed E-state index contributed by atoms with van der Waals surface area (Å²) in [6.07, 6.45) is 39.3. The van der Waals surface area contributed by atoms with E-state index in [2.05, 4.69) is 24.4 Å². The predicted molar refractivity (Wildman–Crippen MR) is 222 cm³/mol. The van der Waals surface area contributed by atoms with Crippen LogP contribution < -0.4 is 14.9 Å². The number of rotatable bonds is 36. The van der Waals surface area contributed by atoms with Crippen molar-refractivity contribution in [2.24, 2.45) is 5.10 Å². The van der Waals surface area contributed by atoms with Crippen LogP contribution in [0.5, 0.6) is 11.5 Å². The SMILES string of the molecule is CCCCCCCCCCCCCCCCOc1ccc(/C=N/Nc2ccc([N+](=O)[O-])cc2)cc1OCCCCCCCCCCCCCCCC. The van der Waals surface area contributed by atoms with E-state index < -0.39 is 4.92 Å². The smallest absolute Gasteiger partial charge is 0.269 e. The molecule has 0 saturated carbocycles. The maximum Gasteiger partial charge on any atom is 0.269 e. The van der Waals surface area contributed by atoms with Gasteiger partial charge in [-0.3, -0.25) is 15.5 Å². The summed E-state index contributed by atoms with van der Waals surface area (Å²) in [5.41, 5.74) is 4.59. The predicted octanol–water partition coefficient (Wildman–Crippen LogP) is 14.8. The maximum absolute atomic E-state index is 10.9.